The molecule has 0 aromatic carbocycles. The van der Waals surface area contributed by atoms with Crippen LogP contribution in [0, 0.1) is 0 Å². The molecule has 0 unspecified atom stereocenters. The summed E-state index contributed by atoms with van der Waals surface area (Å²) in [6.45, 7) is 4.70. The first kappa shape index (κ1) is 16.3. The molecule has 0 heterocycles. The monoisotopic (exact) mass is 241 g/mol. The number of ether oxygens (including phenoxy) is 1. The largest absolute Gasteiger partial charge is 0.381 e. The van der Waals surface area contributed by atoms with Crippen LogP contribution in [0.5, 0.6) is 0 Å². The summed E-state index contributed by atoms with van der Waals surface area (Å²) in [6, 6.07) is 0. The SMILES string of the molecule is CCCCCOCCCCCCCCN=C=O. The Balaban J connectivity index is 2.91. The zero-order valence-electron chi connectivity index (χ0n) is 11.2. The number of unbranched alkanes of at least 4 members (excludes halogenated alkanes) is 7. The summed E-state index contributed by atoms with van der Waals surface area (Å²) in [4.78, 5) is 13.3. The third-order valence-corrected chi connectivity index (χ3v) is 2.77. The van der Waals surface area contributed by atoms with Crippen LogP contribution in [0.25, 0.3) is 0 Å². The molecule has 0 spiro atoms. The summed E-state index contributed by atoms with van der Waals surface area (Å²) in [5.74, 6) is 0. The van der Waals surface area contributed by atoms with Gasteiger partial charge in [-0.25, -0.2) is 9.79 Å². The van der Waals surface area contributed by atoms with E-state index in [1.54, 1.807) is 6.08 Å². The number of rotatable bonds is 13. The fourth-order valence-corrected chi connectivity index (χ4v) is 1.70. The van der Waals surface area contributed by atoms with E-state index in [0.29, 0.717) is 6.54 Å². The van der Waals surface area contributed by atoms with Gasteiger partial charge in [0.25, 0.3) is 0 Å². The van der Waals surface area contributed by atoms with E-state index in [4.69, 9.17) is 4.74 Å². The first-order valence-corrected chi connectivity index (χ1v) is 7.03. The molecule has 3 nitrogen and oxygen atoms in total. The van der Waals surface area contributed by atoms with E-state index in [1.165, 1.54) is 51.4 Å². The normalized spacial score (nSPS) is 10.2. The van der Waals surface area contributed by atoms with E-state index >= 15 is 0 Å². The minimum Gasteiger partial charge on any atom is -0.381 e. The van der Waals surface area contributed by atoms with Crippen LogP contribution in [-0.2, 0) is 9.53 Å². The van der Waals surface area contributed by atoms with Crippen molar-refractivity contribution < 1.29 is 9.53 Å². The van der Waals surface area contributed by atoms with Gasteiger partial charge >= 0.3 is 0 Å². The van der Waals surface area contributed by atoms with Gasteiger partial charge in [-0.15, -0.1) is 0 Å². The first-order valence-electron chi connectivity index (χ1n) is 7.03. The quantitative estimate of drug-likeness (QED) is 0.279. The zero-order chi connectivity index (χ0) is 12.6. The molecule has 0 aliphatic heterocycles. The van der Waals surface area contributed by atoms with Gasteiger partial charge in [0.1, 0.15) is 0 Å². The second kappa shape index (κ2) is 15.3. The third-order valence-electron chi connectivity index (χ3n) is 2.77. The topological polar surface area (TPSA) is 38.7 Å². The van der Waals surface area contributed by atoms with Gasteiger partial charge in [-0.1, -0.05) is 45.4 Å². The maximum Gasteiger partial charge on any atom is 0.234 e. The van der Waals surface area contributed by atoms with E-state index in [0.717, 1.165) is 19.6 Å². The van der Waals surface area contributed by atoms with Crippen LogP contribution < -0.4 is 0 Å². The molecule has 0 fully saturated rings. The number of aliphatic imine (C=N–C) groups is 1. The number of nitrogens with zero attached hydrogens (tertiary/aromatic N) is 1. The summed E-state index contributed by atoms with van der Waals surface area (Å²) in [5, 5.41) is 0. The average molecular weight is 241 g/mol. The molecule has 0 aromatic rings. The van der Waals surface area contributed by atoms with Gasteiger partial charge < -0.3 is 4.74 Å². The summed E-state index contributed by atoms with van der Waals surface area (Å²) in [6.07, 6.45) is 12.4. The Morgan fingerprint density at radius 1 is 0.882 bits per heavy atom. The molecule has 17 heavy (non-hydrogen) atoms. The minimum atomic E-state index is 0.643. The highest BCUT2D eigenvalue weighted by Gasteiger charge is 1.92. The summed E-state index contributed by atoms with van der Waals surface area (Å²) >= 11 is 0. The Morgan fingerprint density at radius 2 is 1.47 bits per heavy atom. The number of hydrogen-bond acceptors (Lipinski definition) is 3. The van der Waals surface area contributed by atoms with E-state index in [1.807, 2.05) is 0 Å². The van der Waals surface area contributed by atoms with Crippen LogP contribution in [0.2, 0.25) is 0 Å². The third kappa shape index (κ3) is 15.3. The van der Waals surface area contributed by atoms with Crippen LogP contribution in [-0.4, -0.2) is 25.8 Å². The zero-order valence-corrected chi connectivity index (χ0v) is 11.2. The van der Waals surface area contributed by atoms with E-state index in [9.17, 15) is 4.79 Å². The molecule has 100 valence electrons. The lowest BCUT2D eigenvalue weighted by atomic mass is 10.1. The van der Waals surface area contributed by atoms with Crippen LogP contribution in [0.3, 0.4) is 0 Å². The molecule has 0 aromatic heterocycles. The molecule has 0 amide bonds. The Hall–Kier alpha value is -0.660. The fourth-order valence-electron chi connectivity index (χ4n) is 1.70. The van der Waals surface area contributed by atoms with Gasteiger partial charge in [0.15, 0.2) is 0 Å². The molecule has 0 aliphatic rings. The van der Waals surface area contributed by atoms with Crippen LogP contribution in [0.4, 0.5) is 0 Å². The number of isocyanates is 1. The van der Waals surface area contributed by atoms with Crippen LogP contribution in [0.1, 0.15) is 64.7 Å². The molecule has 3 heteroatoms. The van der Waals surface area contributed by atoms with Crippen LogP contribution >= 0.6 is 0 Å². The second-order valence-corrected chi connectivity index (χ2v) is 4.41. The minimum absolute atomic E-state index is 0.643. The predicted molar refractivity (Wildman–Crippen MR) is 71.0 cm³/mol. The lowest BCUT2D eigenvalue weighted by Gasteiger charge is -2.03. The maximum atomic E-state index is 9.80. The molecular weight excluding hydrogens is 214 g/mol. The van der Waals surface area contributed by atoms with Crippen molar-refractivity contribution in [3.63, 3.8) is 0 Å². The molecular formula is C14H27NO2. The number of carbonyl (C=O) groups excluding carboxylic acids is 1. The van der Waals surface area contributed by atoms with Crippen molar-refractivity contribution in [2.24, 2.45) is 4.99 Å². The predicted octanol–water partition coefficient (Wildman–Crippen LogP) is 3.87. The Bertz CT molecular complexity index is 189. The Kier molecular flexibility index (Phi) is 14.7. The Morgan fingerprint density at radius 3 is 2.12 bits per heavy atom. The molecule has 0 radical (unpaired) electrons. The highest BCUT2D eigenvalue weighted by molar-refractivity contribution is 5.32. The average Bonchev–Trinajstić information content (AvgIpc) is 2.35. The van der Waals surface area contributed by atoms with E-state index in [2.05, 4.69) is 11.9 Å². The van der Waals surface area contributed by atoms with Crippen molar-refractivity contribution in [1.82, 2.24) is 0 Å². The van der Waals surface area contributed by atoms with E-state index < -0.39 is 0 Å². The first-order chi connectivity index (χ1) is 8.41. The van der Waals surface area contributed by atoms with Gasteiger partial charge in [0, 0.05) is 13.2 Å². The van der Waals surface area contributed by atoms with E-state index in [-0.39, 0.29) is 0 Å². The second-order valence-electron chi connectivity index (χ2n) is 4.41. The molecule has 0 atom stereocenters. The molecule has 0 bridgehead atoms. The molecule has 0 rings (SSSR count). The van der Waals surface area contributed by atoms with Crippen molar-refractivity contribution in [3.8, 4) is 0 Å². The standard InChI is InChI=1S/C14H27NO2/c1-2-3-9-12-17-13-10-7-5-4-6-8-11-15-14-16/h2-13H2,1H3. The fraction of sp³-hybridized carbons (Fsp3) is 0.929. The summed E-state index contributed by atoms with van der Waals surface area (Å²) in [7, 11) is 0. The lowest BCUT2D eigenvalue weighted by Crippen LogP contribution is -1.96. The summed E-state index contributed by atoms with van der Waals surface area (Å²) in [5.41, 5.74) is 0. The van der Waals surface area contributed by atoms with Gasteiger partial charge in [0.2, 0.25) is 6.08 Å². The van der Waals surface area contributed by atoms with Crippen LogP contribution in [0.15, 0.2) is 4.99 Å². The maximum absolute atomic E-state index is 9.80. The van der Waals surface area contributed by atoms with Gasteiger partial charge in [-0.2, -0.15) is 0 Å². The smallest absolute Gasteiger partial charge is 0.234 e. The molecule has 0 saturated heterocycles. The van der Waals surface area contributed by atoms with Crippen molar-refractivity contribution >= 4 is 6.08 Å². The van der Waals surface area contributed by atoms with Crippen molar-refractivity contribution in [1.29, 1.82) is 0 Å². The number of hydrogen-bond donors (Lipinski definition) is 0. The highest BCUT2D eigenvalue weighted by atomic mass is 16.5. The highest BCUT2D eigenvalue weighted by Crippen LogP contribution is 2.05. The van der Waals surface area contributed by atoms with Gasteiger partial charge in [0.05, 0.1) is 6.54 Å². The van der Waals surface area contributed by atoms with Crippen molar-refractivity contribution in [2.75, 3.05) is 19.8 Å². The van der Waals surface area contributed by atoms with Gasteiger partial charge in [-0.3, -0.25) is 0 Å². The molecule has 0 aliphatic carbocycles. The molecule has 0 N–H and O–H groups in total. The van der Waals surface area contributed by atoms with Crippen molar-refractivity contribution in [3.05, 3.63) is 0 Å². The van der Waals surface area contributed by atoms with Crippen molar-refractivity contribution in [2.45, 2.75) is 64.7 Å². The molecule has 0 saturated carbocycles. The Labute approximate surface area is 106 Å². The summed E-state index contributed by atoms with van der Waals surface area (Å²) < 4.78 is 5.54. The lowest BCUT2D eigenvalue weighted by molar-refractivity contribution is 0.126. The van der Waals surface area contributed by atoms with Gasteiger partial charge in [-0.05, 0) is 19.3 Å².